The zero-order chi connectivity index (χ0) is 10.9. The van der Waals surface area contributed by atoms with Gasteiger partial charge >= 0.3 is 0 Å². The minimum Gasteiger partial charge on any atom is -0.393 e. The number of amides is 1. The molecule has 15 heavy (non-hydrogen) atoms. The Bertz CT molecular complexity index is 245. The van der Waals surface area contributed by atoms with Gasteiger partial charge in [-0.2, -0.15) is 0 Å². The summed E-state index contributed by atoms with van der Waals surface area (Å²) < 4.78 is 0. The maximum atomic E-state index is 11.5. The van der Waals surface area contributed by atoms with Gasteiger partial charge in [-0.25, -0.2) is 0 Å². The molecule has 4 N–H and O–H groups in total. The number of rotatable bonds is 4. The standard InChI is InChI=1S/C11H20N2O2/c12-11(2-1-3-11)6-10(15)13-7-8-4-9(14)5-8/h8-9,14H,1-7,12H2,(H,13,15). The molecule has 0 spiro atoms. The van der Waals surface area contributed by atoms with E-state index in [0.717, 1.165) is 32.1 Å². The van der Waals surface area contributed by atoms with E-state index >= 15 is 0 Å². The van der Waals surface area contributed by atoms with Crippen LogP contribution in [0.4, 0.5) is 0 Å². The van der Waals surface area contributed by atoms with Crippen LogP contribution in [0.15, 0.2) is 0 Å². The highest BCUT2D eigenvalue weighted by molar-refractivity contribution is 5.77. The van der Waals surface area contributed by atoms with Crippen molar-refractivity contribution in [2.75, 3.05) is 6.54 Å². The molecular formula is C11H20N2O2. The number of carbonyl (C=O) groups is 1. The van der Waals surface area contributed by atoms with Crippen LogP contribution < -0.4 is 11.1 Å². The first-order valence-electron chi connectivity index (χ1n) is 5.81. The largest absolute Gasteiger partial charge is 0.393 e. The predicted molar refractivity (Wildman–Crippen MR) is 57.1 cm³/mol. The smallest absolute Gasteiger partial charge is 0.221 e. The summed E-state index contributed by atoms with van der Waals surface area (Å²) >= 11 is 0. The molecule has 2 saturated carbocycles. The van der Waals surface area contributed by atoms with Crippen molar-refractivity contribution in [2.24, 2.45) is 11.7 Å². The molecule has 2 aliphatic rings. The minimum absolute atomic E-state index is 0.0681. The Morgan fingerprint density at radius 3 is 2.60 bits per heavy atom. The van der Waals surface area contributed by atoms with Crippen LogP contribution in [-0.2, 0) is 4.79 Å². The topological polar surface area (TPSA) is 75.4 Å². The van der Waals surface area contributed by atoms with Gasteiger partial charge in [0.2, 0.25) is 5.91 Å². The second-order valence-electron chi connectivity index (χ2n) is 5.19. The maximum Gasteiger partial charge on any atom is 0.221 e. The Balaban J connectivity index is 1.60. The molecule has 0 heterocycles. The van der Waals surface area contributed by atoms with Gasteiger partial charge in [-0.05, 0) is 38.0 Å². The van der Waals surface area contributed by atoms with Crippen LogP contribution in [0.2, 0.25) is 0 Å². The summed E-state index contributed by atoms with van der Waals surface area (Å²) in [6.07, 6.45) is 5.08. The summed E-state index contributed by atoms with van der Waals surface area (Å²) in [5, 5.41) is 12.0. The molecule has 0 atom stereocenters. The summed E-state index contributed by atoms with van der Waals surface area (Å²) in [4.78, 5) is 11.5. The Labute approximate surface area is 90.2 Å². The molecule has 0 radical (unpaired) electrons. The zero-order valence-electron chi connectivity index (χ0n) is 9.04. The van der Waals surface area contributed by atoms with Crippen LogP contribution in [0.5, 0.6) is 0 Å². The highest BCUT2D eigenvalue weighted by atomic mass is 16.3. The van der Waals surface area contributed by atoms with Crippen LogP contribution in [0.3, 0.4) is 0 Å². The number of aliphatic hydroxyl groups excluding tert-OH is 1. The molecule has 0 saturated heterocycles. The van der Waals surface area contributed by atoms with Crippen molar-refractivity contribution >= 4 is 5.91 Å². The number of carbonyl (C=O) groups excluding carboxylic acids is 1. The maximum absolute atomic E-state index is 11.5. The Hall–Kier alpha value is -0.610. The van der Waals surface area contributed by atoms with Crippen LogP contribution in [0.25, 0.3) is 0 Å². The van der Waals surface area contributed by atoms with E-state index in [1.54, 1.807) is 0 Å². The normalized spacial score (nSPS) is 32.7. The monoisotopic (exact) mass is 212 g/mol. The lowest BCUT2D eigenvalue weighted by Crippen LogP contribution is -2.50. The molecule has 0 aromatic rings. The van der Waals surface area contributed by atoms with E-state index in [2.05, 4.69) is 5.32 Å². The molecule has 1 amide bonds. The van der Waals surface area contributed by atoms with Gasteiger partial charge in [-0.3, -0.25) is 4.79 Å². The average Bonchev–Trinajstić information content (AvgIpc) is 2.08. The summed E-state index contributed by atoms with van der Waals surface area (Å²) in [7, 11) is 0. The van der Waals surface area contributed by atoms with Crippen molar-refractivity contribution in [3.05, 3.63) is 0 Å². The number of aliphatic hydroxyl groups is 1. The first-order chi connectivity index (χ1) is 7.07. The summed E-state index contributed by atoms with van der Waals surface area (Å²) in [5.41, 5.74) is 5.76. The second-order valence-corrected chi connectivity index (χ2v) is 5.19. The van der Waals surface area contributed by atoms with E-state index in [4.69, 9.17) is 10.8 Å². The van der Waals surface area contributed by atoms with Gasteiger partial charge in [0, 0.05) is 18.5 Å². The first kappa shape index (κ1) is 10.9. The molecule has 0 aromatic carbocycles. The second kappa shape index (κ2) is 4.10. The highest BCUT2D eigenvalue weighted by Gasteiger charge is 2.35. The van der Waals surface area contributed by atoms with Gasteiger partial charge < -0.3 is 16.2 Å². The first-order valence-corrected chi connectivity index (χ1v) is 5.81. The van der Waals surface area contributed by atoms with Crippen molar-refractivity contribution in [3.63, 3.8) is 0 Å². The van der Waals surface area contributed by atoms with Crippen molar-refractivity contribution < 1.29 is 9.90 Å². The van der Waals surface area contributed by atoms with Crippen LogP contribution in [0, 0.1) is 5.92 Å². The van der Waals surface area contributed by atoms with Gasteiger partial charge in [0.1, 0.15) is 0 Å². The lowest BCUT2D eigenvalue weighted by molar-refractivity contribution is -0.123. The summed E-state index contributed by atoms with van der Waals surface area (Å²) in [6, 6.07) is 0. The van der Waals surface area contributed by atoms with E-state index in [0.29, 0.717) is 18.9 Å². The number of hydrogen-bond acceptors (Lipinski definition) is 3. The molecule has 86 valence electrons. The third-order valence-electron chi connectivity index (χ3n) is 3.66. The third kappa shape index (κ3) is 2.69. The fraction of sp³-hybridized carbons (Fsp3) is 0.909. The van der Waals surface area contributed by atoms with Crippen LogP contribution in [-0.4, -0.2) is 29.2 Å². The highest BCUT2D eigenvalue weighted by Crippen LogP contribution is 2.32. The number of nitrogens with one attached hydrogen (secondary N) is 1. The van der Waals surface area contributed by atoms with E-state index in [9.17, 15) is 4.79 Å². The van der Waals surface area contributed by atoms with E-state index in [-0.39, 0.29) is 17.6 Å². The van der Waals surface area contributed by atoms with Crippen LogP contribution >= 0.6 is 0 Å². The van der Waals surface area contributed by atoms with Crippen molar-refractivity contribution in [1.29, 1.82) is 0 Å². The molecule has 0 aliphatic heterocycles. The SMILES string of the molecule is NC1(CC(=O)NCC2CC(O)C2)CCC1. The molecule has 2 fully saturated rings. The fourth-order valence-electron chi connectivity index (χ4n) is 2.32. The van der Waals surface area contributed by atoms with Gasteiger partial charge in [-0.15, -0.1) is 0 Å². The molecule has 0 aromatic heterocycles. The number of nitrogens with two attached hydrogens (primary N) is 1. The fourth-order valence-corrected chi connectivity index (χ4v) is 2.32. The molecule has 2 aliphatic carbocycles. The van der Waals surface area contributed by atoms with Gasteiger partial charge in [0.05, 0.1) is 6.10 Å². The van der Waals surface area contributed by atoms with Crippen LogP contribution in [0.1, 0.15) is 38.5 Å². The quantitative estimate of drug-likeness (QED) is 0.620. The minimum atomic E-state index is -0.219. The van der Waals surface area contributed by atoms with Crippen molar-refractivity contribution in [1.82, 2.24) is 5.32 Å². The molecular weight excluding hydrogens is 192 g/mol. The van der Waals surface area contributed by atoms with Crippen molar-refractivity contribution in [2.45, 2.75) is 50.2 Å². The van der Waals surface area contributed by atoms with Crippen molar-refractivity contribution in [3.8, 4) is 0 Å². The third-order valence-corrected chi connectivity index (χ3v) is 3.66. The molecule has 0 bridgehead atoms. The lowest BCUT2D eigenvalue weighted by atomic mass is 9.75. The Morgan fingerprint density at radius 2 is 2.13 bits per heavy atom. The van der Waals surface area contributed by atoms with Gasteiger partial charge in [0.15, 0.2) is 0 Å². The molecule has 0 unspecified atom stereocenters. The van der Waals surface area contributed by atoms with E-state index in [1.165, 1.54) is 0 Å². The lowest BCUT2D eigenvalue weighted by Gasteiger charge is -2.38. The zero-order valence-corrected chi connectivity index (χ0v) is 9.04. The van der Waals surface area contributed by atoms with Gasteiger partial charge in [-0.1, -0.05) is 0 Å². The van der Waals surface area contributed by atoms with Gasteiger partial charge in [0.25, 0.3) is 0 Å². The molecule has 4 heteroatoms. The molecule has 2 rings (SSSR count). The average molecular weight is 212 g/mol. The van der Waals surface area contributed by atoms with E-state index in [1.807, 2.05) is 0 Å². The Kier molecular flexibility index (Phi) is 2.98. The number of hydrogen-bond donors (Lipinski definition) is 3. The Morgan fingerprint density at radius 1 is 1.47 bits per heavy atom. The summed E-state index contributed by atoms with van der Waals surface area (Å²) in [6.45, 7) is 0.700. The summed E-state index contributed by atoms with van der Waals surface area (Å²) in [5.74, 6) is 0.539. The molecule has 4 nitrogen and oxygen atoms in total. The van der Waals surface area contributed by atoms with E-state index < -0.39 is 0 Å². The predicted octanol–water partition coefficient (Wildman–Crippen LogP) is 0.145.